The minimum Gasteiger partial charge on any atom is -0.508 e. The highest BCUT2D eigenvalue weighted by Crippen LogP contribution is 2.38. The highest BCUT2D eigenvalue weighted by atomic mass is 16.5. The number of aromatic hydroxyl groups is 1. The van der Waals surface area contributed by atoms with Crippen LogP contribution < -0.4 is 5.32 Å². The molecule has 4 aromatic rings. The van der Waals surface area contributed by atoms with E-state index >= 15 is 0 Å². The number of pyridine rings is 1. The van der Waals surface area contributed by atoms with Crippen LogP contribution in [0.4, 0.5) is 5.69 Å². The molecule has 0 aliphatic heterocycles. The molecule has 5 rings (SSSR count). The van der Waals surface area contributed by atoms with E-state index in [1.165, 1.54) is 0 Å². The summed E-state index contributed by atoms with van der Waals surface area (Å²) < 4.78 is 5.43. The fourth-order valence-electron chi connectivity index (χ4n) is 4.31. The molecule has 0 bridgehead atoms. The van der Waals surface area contributed by atoms with Crippen molar-refractivity contribution in [1.29, 1.82) is 5.26 Å². The average molecular weight is 476 g/mol. The number of nitrogens with zero attached hydrogens (tertiary/aromatic N) is 2. The molecular weight excluding hydrogens is 454 g/mol. The van der Waals surface area contributed by atoms with Crippen LogP contribution in [0.25, 0.3) is 22.6 Å². The van der Waals surface area contributed by atoms with Crippen LogP contribution >= 0.6 is 0 Å². The van der Waals surface area contributed by atoms with Crippen LogP contribution in [0.1, 0.15) is 39.2 Å². The number of ether oxygens (including phenoxy) is 1. The van der Waals surface area contributed by atoms with Gasteiger partial charge < -0.3 is 15.2 Å². The molecule has 7 heteroatoms. The third kappa shape index (κ3) is 4.65. The number of para-hydroxylation sites is 1. The molecule has 2 N–H and O–H groups in total. The molecule has 0 unspecified atom stereocenters. The summed E-state index contributed by atoms with van der Waals surface area (Å²) in [5.41, 5.74) is 5.56. The number of allylic oxidation sites excluding steroid dienone is 1. The van der Waals surface area contributed by atoms with Crippen molar-refractivity contribution in [3.05, 3.63) is 101 Å². The molecule has 176 valence electrons. The van der Waals surface area contributed by atoms with Gasteiger partial charge in [0.1, 0.15) is 5.75 Å². The van der Waals surface area contributed by atoms with Gasteiger partial charge in [-0.15, -0.1) is 0 Å². The van der Waals surface area contributed by atoms with Crippen molar-refractivity contribution in [3.8, 4) is 11.8 Å². The van der Waals surface area contributed by atoms with Crippen molar-refractivity contribution >= 4 is 40.1 Å². The first-order valence-corrected chi connectivity index (χ1v) is 11.4. The minimum absolute atomic E-state index is 0.196. The topological polar surface area (TPSA) is 112 Å². The molecule has 0 radical (unpaired) electrons. The smallest absolute Gasteiger partial charge is 0.339 e. The molecule has 1 amide bonds. The Bertz CT molecular complexity index is 1550. The number of esters is 1. The third-order valence-corrected chi connectivity index (χ3v) is 6.01. The van der Waals surface area contributed by atoms with Crippen molar-refractivity contribution in [2.24, 2.45) is 0 Å². The Balaban J connectivity index is 1.40. The lowest BCUT2D eigenvalue weighted by atomic mass is 10.0. The number of anilines is 1. The van der Waals surface area contributed by atoms with E-state index in [1.807, 2.05) is 48.5 Å². The molecular formula is C29H21N3O4. The number of nitrogens with one attached hydrogen (secondary N) is 1. The maximum absolute atomic E-state index is 13.2. The first kappa shape index (κ1) is 22.8. The summed E-state index contributed by atoms with van der Waals surface area (Å²) in [6.07, 6.45) is 3.34. The standard InChI is InChI=1S/C29H21N3O4/c30-16-19-5-10-21(11-6-19)31-26(34)17-36-29(35)27-23-3-1-2-4-25(23)32-28-20(9-14-24(27)28)15-18-7-12-22(33)13-8-18/h1-8,10-13,15,33H,9,14,17H2,(H,31,34). The van der Waals surface area contributed by atoms with Crippen molar-refractivity contribution in [3.63, 3.8) is 0 Å². The zero-order valence-electron chi connectivity index (χ0n) is 19.2. The lowest BCUT2D eigenvalue weighted by Gasteiger charge is -2.12. The monoisotopic (exact) mass is 475 g/mol. The lowest BCUT2D eigenvalue weighted by molar-refractivity contribution is -0.119. The second-order valence-corrected chi connectivity index (χ2v) is 8.41. The second kappa shape index (κ2) is 9.72. The molecule has 0 fully saturated rings. The molecule has 1 aliphatic rings. The Labute approximate surface area is 207 Å². The Morgan fingerprint density at radius 3 is 2.53 bits per heavy atom. The molecule has 0 saturated carbocycles. The number of amides is 1. The number of carbonyl (C=O) groups is 2. The highest BCUT2D eigenvalue weighted by Gasteiger charge is 2.28. The van der Waals surface area contributed by atoms with E-state index in [9.17, 15) is 14.7 Å². The maximum atomic E-state index is 13.2. The normalized spacial score (nSPS) is 13.2. The van der Waals surface area contributed by atoms with Gasteiger partial charge in [0.2, 0.25) is 0 Å². The van der Waals surface area contributed by atoms with Crippen molar-refractivity contribution < 1.29 is 19.4 Å². The number of nitriles is 1. The number of aromatic nitrogens is 1. The van der Waals surface area contributed by atoms with Gasteiger partial charge in [0.05, 0.1) is 28.4 Å². The van der Waals surface area contributed by atoms with Crippen molar-refractivity contribution in [1.82, 2.24) is 4.98 Å². The van der Waals surface area contributed by atoms with Gasteiger partial charge in [-0.1, -0.05) is 30.3 Å². The van der Waals surface area contributed by atoms with E-state index < -0.39 is 18.5 Å². The number of phenols is 1. The molecule has 0 saturated heterocycles. The minimum atomic E-state index is -0.578. The maximum Gasteiger partial charge on any atom is 0.339 e. The zero-order valence-corrected chi connectivity index (χ0v) is 19.2. The summed E-state index contributed by atoms with van der Waals surface area (Å²) in [5.74, 6) is -0.858. The van der Waals surface area contributed by atoms with E-state index in [4.69, 9.17) is 15.0 Å². The van der Waals surface area contributed by atoms with E-state index in [0.29, 0.717) is 40.6 Å². The van der Waals surface area contributed by atoms with Crippen molar-refractivity contribution in [2.45, 2.75) is 12.8 Å². The van der Waals surface area contributed by atoms with Crippen LogP contribution in [0, 0.1) is 11.3 Å². The molecule has 0 spiro atoms. The lowest BCUT2D eigenvalue weighted by Crippen LogP contribution is -2.21. The van der Waals surface area contributed by atoms with Gasteiger partial charge in [-0.05, 0) is 78.1 Å². The van der Waals surface area contributed by atoms with Gasteiger partial charge in [0.15, 0.2) is 6.61 Å². The second-order valence-electron chi connectivity index (χ2n) is 8.41. The zero-order chi connectivity index (χ0) is 25.1. The van der Waals surface area contributed by atoms with E-state index in [0.717, 1.165) is 22.4 Å². The largest absolute Gasteiger partial charge is 0.508 e. The number of fused-ring (bicyclic) bond motifs is 2. The van der Waals surface area contributed by atoms with Crippen LogP contribution in [-0.2, 0) is 16.0 Å². The van der Waals surface area contributed by atoms with Crippen LogP contribution in [0.3, 0.4) is 0 Å². The number of carbonyl (C=O) groups excluding carboxylic acids is 2. The SMILES string of the molecule is N#Cc1ccc(NC(=O)COC(=O)c2c3c(nc4ccccc24)C(=Cc2ccc(O)cc2)CC3)cc1. The van der Waals surface area contributed by atoms with Crippen molar-refractivity contribution in [2.75, 3.05) is 11.9 Å². The number of hydrogen-bond donors (Lipinski definition) is 2. The number of benzene rings is 3. The number of rotatable bonds is 5. The Morgan fingerprint density at radius 1 is 1.03 bits per heavy atom. The summed E-state index contributed by atoms with van der Waals surface area (Å²) in [4.78, 5) is 30.5. The Kier molecular flexibility index (Phi) is 6.16. The summed E-state index contributed by atoms with van der Waals surface area (Å²) >= 11 is 0. The van der Waals surface area contributed by atoms with Gasteiger partial charge in [0, 0.05) is 11.1 Å². The Morgan fingerprint density at radius 2 is 1.78 bits per heavy atom. The predicted octanol–water partition coefficient (Wildman–Crippen LogP) is 5.09. The van der Waals surface area contributed by atoms with Gasteiger partial charge in [-0.3, -0.25) is 4.79 Å². The summed E-state index contributed by atoms with van der Waals surface area (Å²) in [6, 6.07) is 22.7. The molecule has 36 heavy (non-hydrogen) atoms. The van der Waals surface area contributed by atoms with Gasteiger partial charge in [-0.2, -0.15) is 5.26 Å². The van der Waals surface area contributed by atoms with Crippen LogP contribution in [0.15, 0.2) is 72.8 Å². The van der Waals surface area contributed by atoms with Crippen LogP contribution in [0.5, 0.6) is 5.75 Å². The predicted molar refractivity (Wildman–Crippen MR) is 136 cm³/mol. The number of phenolic OH excluding ortho intramolecular Hbond substituents is 1. The molecule has 7 nitrogen and oxygen atoms in total. The van der Waals surface area contributed by atoms with E-state index in [1.54, 1.807) is 36.4 Å². The van der Waals surface area contributed by atoms with Gasteiger partial charge in [0.25, 0.3) is 5.91 Å². The summed E-state index contributed by atoms with van der Waals surface area (Å²) in [5, 5.41) is 21.8. The molecule has 1 heterocycles. The molecule has 3 aromatic carbocycles. The van der Waals surface area contributed by atoms with Crippen LogP contribution in [-0.4, -0.2) is 28.6 Å². The molecule has 1 aromatic heterocycles. The first-order valence-electron chi connectivity index (χ1n) is 11.4. The molecule has 1 aliphatic carbocycles. The number of hydrogen-bond acceptors (Lipinski definition) is 6. The quantitative estimate of drug-likeness (QED) is 0.389. The van der Waals surface area contributed by atoms with Gasteiger partial charge in [-0.25, -0.2) is 9.78 Å². The van der Waals surface area contributed by atoms with E-state index in [-0.39, 0.29) is 5.75 Å². The highest BCUT2D eigenvalue weighted by molar-refractivity contribution is 6.08. The van der Waals surface area contributed by atoms with Crippen LogP contribution in [0.2, 0.25) is 0 Å². The fraction of sp³-hybridized carbons (Fsp3) is 0.103. The molecule has 0 atom stereocenters. The first-order chi connectivity index (χ1) is 17.5. The Hall–Kier alpha value is -4.96. The third-order valence-electron chi connectivity index (χ3n) is 6.01. The van der Waals surface area contributed by atoms with E-state index in [2.05, 4.69) is 5.32 Å². The summed E-state index contributed by atoms with van der Waals surface area (Å²) in [7, 11) is 0. The average Bonchev–Trinajstić information content (AvgIpc) is 3.29. The fourth-order valence-corrected chi connectivity index (χ4v) is 4.31. The summed E-state index contributed by atoms with van der Waals surface area (Å²) in [6.45, 7) is -0.444. The van der Waals surface area contributed by atoms with Gasteiger partial charge >= 0.3 is 5.97 Å².